The van der Waals surface area contributed by atoms with Gasteiger partial charge in [0.05, 0.1) is 6.61 Å². The van der Waals surface area contributed by atoms with Crippen molar-refractivity contribution in [1.82, 2.24) is 5.32 Å². The van der Waals surface area contributed by atoms with E-state index in [9.17, 15) is 0 Å². The first-order valence-corrected chi connectivity index (χ1v) is 6.54. The number of rotatable bonds is 9. The second-order valence-electron chi connectivity index (χ2n) is 3.99. The third kappa shape index (κ3) is 6.17. The Kier molecular flexibility index (Phi) is 7.23. The number of hydrogen-bond acceptors (Lipinski definition) is 3. The van der Waals surface area contributed by atoms with Crippen molar-refractivity contribution in [2.24, 2.45) is 0 Å². The van der Waals surface area contributed by atoms with Crippen molar-refractivity contribution in [3.63, 3.8) is 0 Å². The Hall–Kier alpha value is -1.22. The number of anilines is 1. The van der Waals surface area contributed by atoms with Gasteiger partial charge in [-0.2, -0.15) is 0 Å². The summed E-state index contributed by atoms with van der Waals surface area (Å²) in [5.41, 5.74) is 1.12. The predicted octanol–water partition coefficient (Wildman–Crippen LogP) is 2.89. The molecular weight excluding hydrogens is 212 g/mol. The molecule has 0 radical (unpaired) electrons. The average molecular weight is 236 g/mol. The van der Waals surface area contributed by atoms with Gasteiger partial charge in [0.15, 0.2) is 0 Å². The molecule has 0 spiro atoms. The van der Waals surface area contributed by atoms with E-state index >= 15 is 0 Å². The van der Waals surface area contributed by atoms with Gasteiger partial charge in [-0.05, 0) is 32.0 Å². The van der Waals surface area contributed by atoms with E-state index < -0.39 is 0 Å². The Morgan fingerprint density at radius 1 is 1.12 bits per heavy atom. The van der Waals surface area contributed by atoms with Gasteiger partial charge in [0.25, 0.3) is 0 Å². The van der Waals surface area contributed by atoms with Gasteiger partial charge in [0, 0.05) is 24.8 Å². The lowest BCUT2D eigenvalue weighted by Crippen LogP contribution is -2.23. The summed E-state index contributed by atoms with van der Waals surface area (Å²) in [5, 5.41) is 6.78. The van der Waals surface area contributed by atoms with Crippen molar-refractivity contribution in [3.8, 4) is 5.75 Å². The molecule has 2 N–H and O–H groups in total. The van der Waals surface area contributed by atoms with Crippen molar-refractivity contribution in [2.75, 3.05) is 31.6 Å². The second kappa shape index (κ2) is 8.88. The van der Waals surface area contributed by atoms with Crippen LogP contribution in [0.2, 0.25) is 0 Å². The normalized spacial score (nSPS) is 10.2. The molecule has 96 valence electrons. The smallest absolute Gasteiger partial charge is 0.121 e. The molecule has 1 aromatic carbocycles. The molecule has 17 heavy (non-hydrogen) atoms. The molecule has 0 saturated heterocycles. The number of unbranched alkanes of at least 4 members (excludes halogenated alkanes) is 1. The fraction of sp³-hybridized carbons (Fsp3) is 0.571. The minimum absolute atomic E-state index is 0.710. The third-order valence-electron chi connectivity index (χ3n) is 2.48. The Morgan fingerprint density at radius 3 is 2.76 bits per heavy atom. The molecule has 1 rings (SSSR count). The fourth-order valence-corrected chi connectivity index (χ4v) is 1.58. The number of ether oxygens (including phenoxy) is 1. The lowest BCUT2D eigenvalue weighted by Gasteiger charge is -2.09. The van der Waals surface area contributed by atoms with E-state index in [1.807, 2.05) is 25.1 Å². The average Bonchev–Trinajstić information content (AvgIpc) is 2.35. The van der Waals surface area contributed by atoms with Crippen LogP contribution >= 0.6 is 0 Å². The standard InChI is InChI=1S/C14H24N2O/c1-3-5-9-15-10-11-16-13-7-6-8-14(12-13)17-4-2/h6-8,12,15-16H,3-5,9-11H2,1-2H3. The van der Waals surface area contributed by atoms with Crippen LogP contribution in [0.15, 0.2) is 24.3 Å². The molecule has 0 aromatic heterocycles. The zero-order chi connectivity index (χ0) is 12.3. The Labute approximate surface area is 105 Å². The minimum Gasteiger partial charge on any atom is -0.494 e. The molecule has 0 atom stereocenters. The monoisotopic (exact) mass is 236 g/mol. The van der Waals surface area contributed by atoms with E-state index in [0.717, 1.165) is 31.1 Å². The van der Waals surface area contributed by atoms with Crippen molar-refractivity contribution in [2.45, 2.75) is 26.7 Å². The minimum atomic E-state index is 0.710. The topological polar surface area (TPSA) is 33.3 Å². The lowest BCUT2D eigenvalue weighted by molar-refractivity contribution is 0.340. The van der Waals surface area contributed by atoms with Gasteiger partial charge in [-0.1, -0.05) is 19.4 Å². The highest BCUT2D eigenvalue weighted by Crippen LogP contribution is 2.16. The summed E-state index contributed by atoms with van der Waals surface area (Å²) in [6, 6.07) is 8.09. The molecule has 0 amide bonds. The molecule has 0 aliphatic carbocycles. The Balaban J connectivity index is 2.19. The van der Waals surface area contributed by atoms with Crippen LogP contribution in [0.1, 0.15) is 26.7 Å². The molecule has 1 aromatic rings. The van der Waals surface area contributed by atoms with Crippen LogP contribution in [0.5, 0.6) is 5.75 Å². The highest BCUT2D eigenvalue weighted by molar-refractivity contribution is 5.48. The molecular formula is C14H24N2O. The fourth-order valence-electron chi connectivity index (χ4n) is 1.58. The van der Waals surface area contributed by atoms with E-state index in [1.54, 1.807) is 0 Å². The molecule has 0 aliphatic heterocycles. The molecule has 0 bridgehead atoms. The van der Waals surface area contributed by atoms with Crippen molar-refractivity contribution >= 4 is 5.69 Å². The van der Waals surface area contributed by atoms with Crippen LogP contribution in [0.25, 0.3) is 0 Å². The van der Waals surface area contributed by atoms with Crippen LogP contribution in [-0.2, 0) is 0 Å². The highest BCUT2D eigenvalue weighted by atomic mass is 16.5. The predicted molar refractivity (Wildman–Crippen MR) is 73.9 cm³/mol. The highest BCUT2D eigenvalue weighted by Gasteiger charge is 1.95. The lowest BCUT2D eigenvalue weighted by atomic mass is 10.3. The second-order valence-corrected chi connectivity index (χ2v) is 3.99. The maximum atomic E-state index is 5.45. The maximum Gasteiger partial charge on any atom is 0.121 e. The molecule has 0 aliphatic rings. The number of hydrogen-bond donors (Lipinski definition) is 2. The van der Waals surface area contributed by atoms with Gasteiger partial charge in [-0.25, -0.2) is 0 Å². The van der Waals surface area contributed by atoms with E-state index in [2.05, 4.69) is 23.6 Å². The largest absolute Gasteiger partial charge is 0.494 e. The summed E-state index contributed by atoms with van der Waals surface area (Å²) >= 11 is 0. The van der Waals surface area contributed by atoms with Gasteiger partial charge in [0.2, 0.25) is 0 Å². The zero-order valence-corrected chi connectivity index (χ0v) is 11.0. The van der Waals surface area contributed by atoms with Gasteiger partial charge in [0.1, 0.15) is 5.75 Å². The SMILES string of the molecule is CCCCNCCNc1cccc(OCC)c1. The first-order chi connectivity index (χ1) is 8.36. The molecule has 0 unspecified atom stereocenters. The summed E-state index contributed by atoms with van der Waals surface area (Å²) in [7, 11) is 0. The Bertz CT molecular complexity index is 302. The first kappa shape index (κ1) is 13.8. The first-order valence-electron chi connectivity index (χ1n) is 6.54. The van der Waals surface area contributed by atoms with Gasteiger partial charge in [-0.3, -0.25) is 0 Å². The van der Waals surface area contributed by atoms with Gasteiger partial charge in [-0.15, -0.1) is 0 Å². The summed E-state index contributed by atoms with van der Waals surface area (Å²) in [6.07, 6.45) is 2.50. The van der Waals surface area contributed by atoms with Crippen LogP contribution in [-0.4, -0.2) is 26.2 Å². The van der Waals surface area contributed by atoms with Crippen molar-refractivity contribution in [3.05, 3.63) is 24.3 Å². The van der Waals surface area contributed by atoms with E-state index in [-0.39, 0.29) is 0 Å². The third-order valence-corrected chi connectivity index (χ3v) is 2.48. The number of nitrogens with one attached hydrogen (secondary N) is 2. The van der Waals surface area contributed by atoms with Crippen molar-refractivity contribution < 1.29 is 4.74 Å². The molecule has 0 saturated carbocycles. The van der Waals surface area contributed by atoms with E-state index in [1.165, 1.54) is 12.8 Å². The summed E-state index contributed by atoms with van der Waals surface area (Å²) in [6.45, 7) is 7.97. The molecule has 3 heteroatoms. The van der Waals surface area contributed by atoms with Gasteiger partial charge < -0.3 is 15.4 Å². The Morgan fingerprint density at radius 2 is 2.00 bits per heavy atom. The van der Waals surface area contributed by atoms with Crippen LogP contribution in [0, 0.1) is 0 Å². The molecule has 0 heterocycles. The quantitative estimate of drug-likeness (QED) is 0.647. The summed E-state index contributed by atoms with van der Waals surface area (Å²) in [5.74, 6) is 0.927. The van der Waals surface area contributed by atoms with Crippen LogP contribution < -0.4 is 15.4 Å². The van der Waals surface area contributed by atoms with E-state index in [4.69, 9.17) is 4.74 Å². The van der Waals surface area contributed by atoms with Crippen molar-refractivity contribution in [1.29, 1.82) is 0 Å². The molecule has 3 nitrogen and oxygen atoms in total. The summed E-state index contributed by atoms with van der Waals surface area (Å²) < 4.78 is 5.45. The summed E-state index contributed by atoms with van der Waals surface area (Å²) in [4.78, 5) is 0. The van der Waals surface area contributed by atoms with Crippen LogP contribution in [0.3, 0.4) is 0 Å². The molecule has 0 fully saturated rings. The number of benzene rings is 1. The van der Waals surface area contributed by atoms with E-state index in [0.29, 0.717) is 6.61 Å². The van der Waals surface area contributed by atoms with Crippen LogP contribution in [0.4, 0.5) is 5.69 Å². The maximum absolute atomic E-state index is 5.45. The zero-order valence-electron chi connectivity index (χ0n) is 11.0. The van der Waals surface area contributed by atoms with Gasteiger partial charge >= 0.3 is 0 Å².